The Balaban J connectivity index is 1.63. The minimum absolute atomic E-state index is 0.161. The van der Waals surface area contributed by atoms with Gasteiger partial charge in [0, 0.05) is 36.8 Å². The molecule has 134 valence electrons. The van der Waals surface area contributed by atoms with Gasteiger partial charge in [0.1, 0.15) is 0 Å². The number of carbonyl (C=O) groups excluding carboxylic acids is 1. The third-order valence-corrected chi connectivity index (χ3v) is 5.47. The van der Waals surface area contributed by atoms with Gasteiger partial charge in [-0.05, 0) is 42.2 Å². The van der Waals surface area contributed by atoms with E-state index >= 15 is 0 Å². The summed E-state index contributed by atoms with van der Waals surface area (Å²) in [5.74, 6) is 0.161. The Morgan fingerprint density at radius 1 is 1.00 bits per heavy atom. The van der Waals surface area contributed by atoms with Crippen molar-refractivity contribution in [1.29, 1.82) is 0 Å². The molecule has 0 bridgehead atoms. The van der Waals surface area contributed by atoms with E-state index in [1.165, 1.54) is 5.56 Å². The summed E-state index contributed by atoms with van der Waals surface area (Å²) >= 11 is 7.52. The number of rotatable bonds is 8. The molecule has 3 nitrogen and oxygen atoms in total. The quantitative estimate of drug-likeness (QED) is 0.547. The molecular formula is C21H21ClN2OS. The van der Waals surface area contributed by atoms with Crippen LogP contribution in [-0.4, -0.2) is 22.3 Å². The molecule has 0 N–H and O–H groups in total. The number of carbonyl (C=O) groups is 1. The number of hydrogen-bond donors (Lipinski definition) is 0. The van der Waals surface area contributed by atoms with Crippen molar-refractivity contribution >= 4 is 28.8 Å². The summed E-state index contributed by atoms with van der Waals surface area (Å²) in [7, 11) is 0. The molecule has 1 amide bonds. The maximum absolute atomic E-state index is 12.8. The predicted octanol–water partition coefficient (Wildman–Crippen LogP) is 5.00. The van der Waals surface area contributed by atoms with Gasteiger partial charge in [-0.1, -0.05) is 48.0 Å². The van der Waals surface area contributed by atoms with Crippen LogP contribution < -0.4 is 0 Å². The summed E-state index contributed by atoms with van der Waals surface area (Å²) in [5, 5.41) is 0. The van der Waals surface area contributed by atoms with Crippen LogP contribution in [0.5, 0.6) is 0 Å². The Hall–Kier alpha value is -2.17. The monoisotopic (exact) mass is 384 g/mol. The van der Waals surface area contributed by atoms with E-state index in [4.69, 9.17) is 11.6 Å². The van der Waals surface area contributed by atoms with Crippen LogP contribution in [-0.2, 0) is 24.2 Å². The summed E-state index contributed by atoms with van der Waals surface area (Å²) < 4.78 is 0.767. The van der Waals surface area contributed by atoms with Crippen LogP contribution in [0.1, 0.15) is 22.4 Å². The van der Waals surface area contributed by atoms with Gasteiger partial charge in [0.2, 0.25) is 5.91 Å². The summed E-state index contributed by atoms with van der Waals surface area (Å²) in [6.45, 7) is 1.29. The molecule has 0 aliphatic carbocycles. The maximum Gasteiger partial charge on any atom is 0.223 e. The Labute approximate surface area is 163 Å². The molecule has 0 radical (unpaired) electrons. The van der Waals surface area contributed by atoms with Crippen LogP contribution in [0.2, 0.25) is 4.34 Å². The van der Waals surface area contributed by atoms with Gasteiger partial charge in [-0.15, -0.1) is 11.3 Å². The van der Waals surface area contributed by atoms with Gasteiger partial charge < -0.3 is 4.90 Å². The van der Waals surface area contributed by atoms with Crippen molar-refractivity contribution < 1.29 is 4.79 Å². The number of pyridine rings is 1. The van der Waals surface area contributed by atoms with Crippen LogP contribution in [0.3, 0.4) is 0 Å². The first-order chi connectivity index (χ1) is 12.7. The Kier molecular flexibility index (Phi) is 6.81. The standard InChI is InChI=1S/C21H21ClN2OS/c22-20-10-8-19(26-20)9-11-21(25)24(16-18-7-4-13-23-15-18)14-12-17-5-2-1-3-6-17/h1-8,10,13,15H,9,11-12,14,16H2. The van der Waals surface area contributed by atoms with E-state index in [1.807, 2.05) is 53.6 Å². The number of aryl methyl sites for hydroxylation is 1. The molecule has 0 saturated heterocycles. The molecule has 0 saturated carbocycles. The van der Waals surface area contributed by atoms with Crippen LogP contribution in [0.15, 0.2) is 67.0 Å². The van der Waals surface area contributed by atoms with Crippen LogP contribution in [0.4, 0.5) is 0 Å². The zero-order valence-electron chi connectivity index (χ0n) is 14.5. The number of amides is 1. The predicted molar refractivity (Wildman–Crippen MR) is 107 cm³/mol. The van der Waals surface area contributed by atoms with Gasteiger partial charge in [0.05, 0.1) is 4.34 Å². The first-order valence-electron chi connectivity index (χ1n) is 8.65. The molecule has 3 rings (SSSR count). The largest absolute Gasteiger partial charge is 0.338 e. The van der Waals surface area contributed by atoms with Gasteiger partial charge >= 0.3 is 0 Å². The van der Waals surface area contributed by atoms with E-state index in [0.29, 0.717) is 19.5 Å². The number of nitrogens with zero attached hydrogens (tertiary/aromatic N) is 2. The molecule has 5 heteroatoms. The van der Waals surface area contributed by atoms with Crippen molar-refractivity contribution in [3.63, 3.8) is 0 Å². The minimum Gasteiger partial charge on any atom is -0.338 e. The van der Waals surface area contributed by atoms with Gasteiger partial charge in [-0.3, -0.25) is 9.78 Å². The molecule has 0 aliphatic heterocycles. The molecule has 26 heavy (non-hydrogen) atoms. The van der Waals surface area contributed by atoms with Gasteiger partial charge in [0.25, 0.3) is 0 Å². The number of thiophene rings is 1. The second kappa shape index (κ2) is 9.51. The molecule has 0 spiro atoms. The lowest BCUT2D eigenvalue weighted by atomic mass is 10.1. The molecule has 0 fully saturated rings. The zero-order valence-corrected chi connectivity index (χ0v) is 16.0. The van der Waals surface area contributed by atoms with E-state index in [0.717, 1.165) is 27.6 Å². The third kappa shape index (κ3) is 5.68. The van der Waals surface area contributed by atoms with Crippen molar-refractivity contribution in [2.75, 3.05) is 6.54 Å². The number of hydrogen-bond acceptors (Lipinski definition) is 3. The van der Waals surface area contributed by atoms with Crippen molar-refractivity contribution in [2.24, 2.45) is 0 Å². The highest BCUT2D eigenvalue weighted by atomic mass is 35.5. The van der Waals surface area contributed by atoms with E-state index < -0.39 is 0 Å². The van der Waals surface area contributed by atoms with Crippen LogP contribution >= 0.6 is 22.9 Å². The smallest absolute Gasteiger partial charge is 0.223 e. The van der Waals surface area contributed by atoms with Gasteiger partial charge in [-0.25, -0.2) is 0 Å². The highest BCUT2D eigenvalue weighted by Gasteiger charge is 2.15. The Morgan fingerprint density at radius 3 is 2.50 bits per heavy atom. The summed E-state index contributed by atoms with van der Waals surface area (Å²) in [6, 6.07) is 18.1. The van der Waals surface area contributed by atoms with Crippen molar-refractivity contribution in [3.05, 3.63) is 87.3 Å². The second-order valence-electron chi connectivity index (χ2n) is 6.12. The van der Waals surface area contributed by atoms with Crippen molar-refractivity contribution in [2.45, 2.75) is 25.8 Å². The lowest BCUT2D eigenvalue weighted by Crippen LogP contribution is -2.32. The number of halogens is 1. The summed E-state index contributed by atoms with van der Waals surface area (Å²) in [6.07, 6.45) is 5.64. The molecule has 1 aromatic carbocycles. The molecule has 0 unspecified atom stereocenters. The molecule has 0 aliphatic rings. The van der Waals surface area contributed by atoms with E-state index in [1.54, 1.807) is 17.5 Å². The highest BCUT2D eigenvalue weighted by Crippen LogP contribution is 2.22. The van der Waals surface area contributed by atoms with Crippen LogP contribution in [0, 0.1) is 0 Å². The number of benzene rings is 1. The molecule has 0 atom stereocenters. The highest BCUT2D eigenvalue weighted by molar-refractivity contribution is 7.16. The van der Waals surface area contributed by atoms with Crippen molar-refractivity contribution in [3.8, 4) is 0 Å². The fraction of sp³-hybridized carbons (Fsp3) is 0.238. The van der Waals surface area contributed by atoms with Gasteiger partial charge in [-0.2, -0.15) is 0 Å². The van der Waals surface area contributed by atoms with Crippen molar-refractivity contribution in [1.82, 2.24) is 9.88 Å². The Bertz CT molecular complexity index is 820. The summed E-state index contributed by atoms with van der Waals surface area (Å²) in [5.41, 5.74) is 2.29. The number of aromatic nitrogens is 1. The minimum atomic E-state index is 0.161. The topological polar surface area (TPSA) is 33.2 Å². The molecular weight excluding hydrogens is 364 g/mol. The van der Waals surface area contributed by atoms with E-state index in [-0.39, 0.29) is 5.91 Å². The second-order valence-corrected chi connectivity index (χ2v) is 7.92. The third-order valence-electron chi connectivity index (χ3n) is 4.18. The fourth-order valence-corrected chi connectivity index (χ4v) is 3.87. The fourth-order valence-electron chi connectivity index (χ4n) is 2.79. The first-order valence-corrected chi connectivity index (χ1v) is 9.85. The first kappa shape index (κ1) is 18.6. The SMILES string of the molecule is O=C(CCc1ccc(Cl)s1)N(CCc1ccccc1)Cc1cccnc1. The Morgan fingerprint density at radius 2 is 1.81 bits per heavy atom. The van der Waals surface area contributed by atoms with E-state index in [2.05, 4.69) is 17.1 Å². The molecule has 2 heterocycles. The zero-order chi connectivity index (χ0) is 18.2. The lowest BCUT2D eigenvalue weighted by molar-refractivity contribution is -0.131. The maximum atomic E-state index is 12.8. The average molecular weight is 385 g/mol. The molecule has 2 aromatic heterocycles. The molecule has 3 aromatic rings. The van der Waals surface area contributed by atoms with Gasteiger partial charge in [0.15, 0.2) is 0 Å². The summed E-state index contributed by atoms with van der Waals surface area (Å²) in [4.78, 5) is 20.1. The van der Waals surface area contributed by atoms with E-state index in [9.17, 15) is 4.79 Å². The normalized spacial score (nSPS) is 10.7. The lowest BCUT2D eigenvalue weighted by Gasteiger charge is -2.23. The average Bonchev–Trinajstić information content (AvgIpc) is 3.10. The van der Waals surface area contributed by atoms with Crippen LogP contribution in [0.25, 0.3) is 0 Å².